The average Bonchev–Trinajstić information content (AvgIpc) is 3.19. The lowest BCUT2D eigenvalue weighted by Gasteiger charge is -2.46. The average molecular weight is 463 g/mol. The molecule has 8 heteroatoms. The summed E-state index contributed by atoms with van der Waals surface area (Å²) in [5.41, 5.74) is 10.7. The first kappa shape index (κ1) is 25.6. The molecule has 0 aromatic rings. The van der Waals surface area contributed by atoms with E-state index in [1.165, 1.54) is 51.4 Å². The minimum absolute atomic E-state index is 0.0565. The van der Waals surface area contributed by atoms with E-state index in [-0.39, 0.29) is 29.9 Å². The minimum atomic E-state index is -0.182. The molecule has 2 saturated heterocycles. The van der Waals surface area contributed by atoms with Crippen molar-refractivity contribution in [3.05, 3.63) is 0 Å². The summed E-state index contributed by atoms with van der Waals surface area (Å²) in [4.78, 5) is 24.2. The molecule has 0 bridgehead atoms. The van der Waals surface area contributed by atoms with Crippen LogP contribution in [0.4, 0.5) is 0 Å². The van der Waals surface area contributed by atoms with Gasteiger partial charge in [0, 0.05) is 24.7 Å². The van der Waals surface area contributed by atoms with E-state index < -0.39 is 0 Å². The predicted molar refractivity (Wildman–Crippen MR) is 134 cm³/mol. The summed E-state index contributed by atoms with van der Waals surface area (Å²) in [6, 6.07) is 1.17. The summed E-state index contributed by atoms with van der Waals surface area (Å²) in [5, 5.41) is 3.72. The molecular weight excluding hydrogens is 416 g/mol. The van der Waals surface area contributed by atoms with Crippen molar-refractivity contribution >= 4 is 17.9 Å². The third-order valence-corrected chi connectivity index (χ3v) is 7.46. The van der Waals surface area contributed by atoms with Gasteiger partial charge in [0.25, 0.3) is 0 Å². The fraction of sp³-hybridized carbons (Fsp3) is 0.880. The second kappa shape index (κ2) is 13.0. The molecular formula is C25H46N6O2. The highest BCUT2D eigenvalue weighted by molar-refractivity contribution is 5.86. The van der Waals surface area contributed by atoms with Gasteiger partial charge in [-0.3, -0.25) is 9.79 Å². The van der Waals surface area contributed by atoms with Crippen LogP contribution in [0.1, 0.15) is 97.3 Å². The summed E-state index contributed by atoms with van der Waals surface area (Å²) in [6.45, 7) is 5.30. The molecule has 3 aliphatic heterocycles. The van der Waals surface area contributed by atoms with Crippen LogP contribution in [0.2, 0.25) is 0 Å². The third-order valence-electron chi connectivity index (χ3n) is 7.46. The Morgan fingerprint density at radius 1 is 1.12 bits per heavy atom. The van der Waals surface area contributed by atoms with Crippen LogP contribution in [0.15, 0.2) is 9.98 Å². The Hall–Kier alpha value is -1.99. The number of aliphatic imine (C=N–C) groups is 2. The van der Waals surface area contributed by atoms with E-state index in [2.05, 4.69) is 29.1 Å². The van der Waals surface area contributed by atoms with Crippen molar-refractivity contribution in [1.29, 1.82) is 0 Å². The molecule has 0 spiro atoms. The van der Waals surface area contributed by atoms with Crippen LogP contribution in [0.5, 0.6) is 0 Å². The maximum absolute atomic E-state index is 12.9. The zero-order valence-corrected chi connectivity index (χ0v) is 20.8. The van der Waals surface area contributed by atoms with Crippen LogP contribution < -0.4 is 16.8 Å². The largest absolute Gasteiger partial charge is 0.465 e. The molecule has 3 rings (SSSR count). The van der Waals surface area contributed by atoms with Gasteiger partial charge in [0.2, 0.25) is 0 Å². The fourth-order valence-corrected chi connectivity index (χ4v) is 5.75. The quantitative estimate of drug-likeness (QED) is 0.158. The van der Waals surface area contributed by atoms with Crippen molar-refractivity contribution in [3.63, 3.8) is 0 Å². The Balaban J connectivity index is 1.45. The lowest BCUT2D eigenvalue weighted by molar-refractivity contribution is -0.151. The van der Waals surface area contributed by atoms with E-state index in [0.29, 0.717) is 25.2 Å². The normalized spacial score (nSPS) is 28.0. The summed E-state index contributed by atoms with van der Waals surface area (Å²) in [6.07, 6.45) is 15.6. The van der Waals surface area contributed by atoms with Crippen molar-refractivity contribution in [3.8, 4) is 0 Å². The van der Waals surface area contributed by atoms with Crippen LogP contribution >= 0.6 is 0 Å². The molecule has 0 radical (unpaired) electrons. The lowest BCUT2D eigenvalue weighted by atomic mass is 9.89. The number of hydrogen-bond donors (Lipinski definition) is 3. The molecule has 8 nitrogen and oxygen atoms in total. The number of unbranched alkanes of at least 4 members (excludes halogenated alkanes) is 7. The molecule has 2 fully saturated rings. The Morgan fingerprint density at radius 2 is 1.88 bits per heavy atom. The summed E-state index contributed by atoms with van der Waals surface area (Å²) >= 11 is 0. The second-order valence-electron chi connectivity index (χ2n) is 10.1. The molecule has 0 amide bonds. The fourth-order valence-electron chi connectivity index (χ4n) is 5.75. The number of carbonyl (C=O) groups excluding carboxylic acids is 1. The van der Waals surface area contributed by atoms with Crippen LogP contribution in [0, 0.1) is 5.92 Å². The number of hydrogen-bond acceptors (Lipinski definition) is 6. The Morgan fingerprint density at radius 3 is 2.64 bits per heavy atom. The van der Waals surface area contributed by atoms with Gasteiger partial charge in [0.15, 0.2) is 11.9 Å². The summed E-state index contributed by atoms with van der Waals surface area (Å²) in [5.74, 6) is 0.837. The number of nitrogens with two attached hydrogens (primary N) is 2. The van der Waals surface area contributed by atoms with E-state index in [9.17, 15) is 4.79 Å². The van der Waals surface area contributed by atoms with Gasteiger partial charge in [-0.05, 0) is 45.4 Å². The first-order chi connectivity index (χ1) is 16.0. The van der Waals surface area contributed by atoms with Gasteiger partial charge in [-0.15, -0.1) is 0 Å². The van der Waals surface area contributed by atoms with Crippen molar-refractivity contribution in [1.82, 2.24) is 10.2 Å². The third kappa shape index (κ3) is 7.24. The van der Waals surface area contributed by atoms with E-state index in [1.54, 1.807) is 0 Å². The van der Waals surface area contributed by atoms with Gasteiger partial charge in [0.1, 0.15) is 0 Å². The van der Waals surface area contributed by atoms with E-state index >= 15 is 0 Å². The topological polar surface area (TPSA) is 118 Å². The maximum Gasteiger partial charge on any atom is 0.313 e. The van der Waals surface area contributed by atoms with E-state index in [4.69, 9.17) is 21.2 Å². The van der Waals surface area contributed by atoms with Gasteiger partial charge in [0.05, 0.1) is 18.6 Å². The first-order valence-electron chi connectivity index (χ1n) is 13.4. The molecule has 0 saturated carbocycles. The van der Waals surface area contributed by atoms with Gasteiger partial charge in [-0.25, -0.2) is 4.99 Å². The number of ether oxygens (including phenoxy) is 1. The van der Waals surface area contributed by atoms with E-state index in [0.717, 1.165) is 38.1 Å². The smallest absolute Gasteiger partial charge is 0.313 e. The Bertz CT molecular complexity index is 678. The molecule has 0 aromatic carbocycles. The number of guanidine groups is 2. The molecule has 0 aliphatic carbocycles. The van der Waals surface area contributed by atoms with Gasteiger partial charge in [-0.1, -0.05) is 51.9 Å². The van der Waals surface area contributed by atoms with Crippen molar-refractivity contribution in [2.24, 2.45) is 27.4 Å². The van der Waals surface area contributed by atoms with Crippen LogP contribution in [-0.2, 0) is 9.53 Å². The SMILES string of the molecule is CCCCCCCCCC1C[C@H]2CC[C@H]3C(C(=O)OCCCCN=C(N)N)[C@@H](C)N=C(N1)N23. The maximum atomic E-state index is 12.9. The monoisotopic (exact) mass is 462 g/mol. The zero-order valence-electron chi connectivity index (χ0n) is 20.8. The number of esters is 1. The van der Waals surface area contributed by atoms with E-state index in [1.807, 2.05) is 0 Å². The van der Waals surface area contributed by atoms with Gasteiger partial charge in [-0.2, -0.15) is 0 Å². The molecule has 5 atom stereocenters. The van der Waals surface area contributed by atoms with Crippen molar-refractivity contribution < 1.29 is 9.53 Å². The Labute approximate surface area is 200 Å². The van der Waals surface area contributed by atoms with Gasteiger partial charge < -0.3 is 26.4 Å². The van der Waals surface area contributed by atoms with Crippen LogP contribution in [-0.4, -0.2) is 60.1 Å². The van der Waals surface area contributed by atoms with Crippen molar-refractivity contribution in [2.45, 2.75) is 121 Å². The summed E-state index contributed by atoms with van der Waals surface area (Å²) in [7, 11) is 0. The number of nitrogens with one attached hydrogen (secondary N) is 1. The molecule has 5 N–H and O–H groups in total. The second-order valence-corrected chi connectivity index (χ2v) is 10.1. The summed E-state index contributed by atoms with van der Waals surface area (Å²) < 4.78 is 5.64. The predicted octanol–water partition coefficient (Wildman–Crippen LogP) is 3.29. The number of carbonyl (C=O) groups is 1. The highest BCUT2D eigenvalue weighted by atomic mass is 16.5. The van der Waals surface area contributed by atoms with Crippen LogP contribution in [0.3, 0.4) is 0 Å². The number of rotatable bonds is 14. The minimum Gasteiger partial charge on any atom is -0.465 e. The highest BCUT2D eigenvalue weighted by Gasteiger charge is 2.50. The Kier molecular flexibility index (Phi) is 10.1. The van der Waals surface area contributed by atoms with Gasteiger partial charge >= 0.3 is 5.97 Å². The van der Waals surface area contributed by atoms with Crippen molar-refractivity contribution in [2.75, 3.05) is 13.2 Å². The molecule has 3 aliphatic rings. The standard InChI is InChI=1S/C25H46N6O2/c1-3-4-5-6-7-8-9-12-19-17-20-13-14-21-22(18(2)29-25(30-19)31(20)21)23(32)33-16-11-10-15-28-24(26)27/h18-22H,3-17H2,1-2H3,(H,29,30)(H4,26,27,28)/t18-,19?,20-,21+,22?/m1/s1. The number of nitrogens with zero attached hydrogens (tertiary/aromatic N) is 3. The molecule has 0 aromatic heterocycles. The molecule has 188 valence electrons. The van der Waals surface area contributed by atoms with Crippen LogP contribution in [0.25, 0.3) is 0 Å². The lowest BCUT2D eigenvalue weighted by Crippen LogP contribution is -2.63. The first-order valence-corrected chi connectivity index (χ1v) is 13.4. The molecule has 2 unspecified atom stereocenters. The zero-order chi connectivity index (χ0) is 23.6. The molecule has 3 heterocycles. The molecule has 33 heavy (non-hydrogen) atoms. The highest BCUT2D eigenvalue weighted by Crippen LogP contribution is 2.39.